The molecule has 2 heterocycles. The van der Waals surface area contributed by atoms with Crippen molar-refractivity contribution in [3.05, 3.63) is 0 Å². The summed E-state index contributed by atoms with van der Waals surface area (Å²) in [5.41, 5.74) is 0. The molecule has 2 nitrogen and oxygen atoms in total. The quantitative estimate of drug-likeness (QED) is 0.518. The average Bonchev–Trinajstić information content (AvgIpc) is 2.29. The summed E-state index contributed by atoms with van der Waals surface area (Å²) >= 11 is 0. The number of ketones is 1. The van der Waals surface area contributed by atoms with Gasteiger partial charge < -0.3 is 4.90 Å². The Morgan fingerprint density at radius 1 is 1.18 bits per heavy atom. The SMILES string of the molecule is O=C1CCN2CCCC1CC2. The fourth-order valence-electron chi connectivity index (χ4n) is 2.17. The number of Topliss-reactive ketones (excluding diaryl/α,β-unsaturated/α-hetero) is 1. The summed E-state index contributed by atoms with van der Waals surface area (Å²) in [4.78, 5) is 13.8. The molecule has 0 aliphatic carbocycles. The van der Waals surface area contributed by atoms with Crippen LogP contribution in [0.5, 0.6) is 0 Å². The lowest BCUT2D eigenvalue weighted by atomic mass is 9.94. The Hall–Kier alpha value is -0.370. The van der Waals surface area contributed by atoms with Gasteiger partial charge in [-0.2, -0.15) is 0 Å². The van der Waals surface area contributed by atoms with Crippen LogP contribution in [0.15, 0.2) is 0 Å². The molecule has 0 amide bonds. The molecule has 2 unspecified atom stereocenters. The van der Waals surface area contributed by atoms with Gasteiger partial charge in [-0.05, 0) is 32.4 Å². The first-order chi connectivity index (χ1) is 5.36. The molecule has 0 aromatic heterocycles. The van der Waals surface area contributed by atoms with Crippen LogP contribution >= 0.6 is 0 Å². The summed E-state index contributed by atoms with van der Waals surface area (Å²) in [6, 6.07) is 0. The Morgan fingerprint density at radius 3 is 3.00 bits per heavy atom. The second-order valence-electron chi connectivity index (χ2n) is 3.69. The van der Waals surface area contributed by atoms with E-state index in [0.717, 1.165) is 32.4 Å². The average molecular weight is 153 g/mol. The van der Waals surface area contributed by atoms with Crippen LogP contribution in [0.2, 0.25) is 0 Å². The van der Waals surface area contributed by atoms with E-state index < -0.39 is 0 Å². The van der Waals surface area contributed by atoms with Gasteiger partial charge >= 0.3 is 0 Å². The number of nitrogens with zero attached hydrogens (tertiary/aromatic N) is 1. The van der Waals surface area contributed by atoms with Gasteiger partial charge in [-0.3, -0.25) is 4.79 Å². The van der Waals surface area contributed by atoms with E-state index in [2.05, 4.69) is 4.90 Å². The van der Waals surface area contributed by atoms with Crippen LogP contribution in [0.1, 0.15) is 25.7 Å². The van der Waals surface area contributed by atoms with Gasteiger partial charge in [-0.15, -0.1) is 0 Å². The minimum atomic E-state index is 0.419. The van der Waals surface area contributed by atoms with E-state index in [1.807, 2.05) is 0 Å². The number of hydrogen-bond donors (Lipinski definition) is 0. The largest absolute Gasteiger partial charge is 0.303 e. The first-order valence-corrected chi connectivity index (χ1v) is 4.61. The fourth-order valence-corrected chi connectivity index (χ4v) is 2.17. The van der Waals surface area contributed by atoms with Crippen LogP contribution < -0.4 is 0 Å². The molecule has 2 aliphatic rings. The molecule has 0 aromatic carbocycles. The van der Waals surface area contributed by atoms with Gasteiger partial charge in [-0.25, -0.2) is 0 Å². The third-order valence-corrected chi connectivity index (χ3v) is 2.95. The molecule has 11 heavy (non-hydrogen) atoms. The summed E-state index contributed by atoms with van der Waals surface area (Å²) in [7, 11) is 0. The zero-order valence-electron chi connectivity index (χ0n) is 6.88. The Labute approximate surface area is 67.6 Å². The van der Waals surface area contributed by atoms with E-state index >= 15 is 0 Å². The maximum absolute atomic E-state index is 11.4. The molecule has 0 N–H and O–H groups in total. The highest BCUT2D eigenvalue weighted by Gasteiger charge is 2.26. The molecule has 2 heteroatoms. The van der Waals surface area contributed by atoms with E-state index in [-0.39, 0.29) is 0 Å². The smallest absolute Gasteiger partial charge is 0.137 e. The molecular formula is C9H15NO. The van der Waals surface area contributed by atoms with Crippen LogP contribution in [0.25, 0.3) is 0 Å². The summed E-state index contributed by atoms with van der Waals surface area (Å²) in [5, 5.41) is 0. The molecule has 2 fully saturated rings. The predicted molar refractivity (Wildman–Crippen MR) is 43.4 cm³/mol. The number of rotatable bonds is 0. The van der Waals surface area contributed by atoms with E-state index in [1.54, 1.807) is 0 Å². The molecule has 2 bridgehead atoms. The van der Waals surface area contributed by atoms with Gasteiger partial charge in [0.1, 0.15) is 5.78 Å². The maximum atomic E-state index is 11.4. The monoisotopic (exact) mass is 153 g/mol. The second kappa shape index (κ2) is 2.94. The molecule has 2 saturated heterocycles. The number of fused-ring (bicyclic) bond motifs is 3. The van der Waals surface area contributed by atoms with Crippen LogP contribution in [0, 0.1) is 5.92 Å². The van der Waals surface area contributed by atoms with Gasteiger partial charge in [0.25, 0.3) is 0 Å². The highest BCUT2D eigenvalue weighted by molar-refractivity contribution is 5.81. The first-order valence-electron chi connectivity index (χ1n) is 4.61. The molecular weight excluding hydrogens is 138 g/mol. The second-order valence-corrected chi connectivity index (χ2v) is 3.69. The number of carbonyl (C=O) groups is 1. The van der Waals surface area contributed by atoms with Crippen LogP contribution in [-0.4, -0.2) is 30.3 Å². The van der Waals surface area contributed by atoms with Gasteiger partial charge in [0.2, 0.25) is 0 Å². The molecule has 2 aliphatic heterocycles. The van der Waals surface area contributed by atoms with E-state index in [9.17, 15) is 4.79 Å². The van der Waals surface area contributed by atoms with Crippen molar-refractivity contribution >= 4 is 5.78 Å². The van der Waals surface area contributed by atoms with E-state index in [0.29, 0.717) is 11.7 Å². The molecule has 62 valence electrons. The number of hydrogen-bond acceptors (Lipinski definition) is 2. The molecule has 0 spiro atoms. The zero-order chi connectivity index (χ0) is 7.68. The van der Waals surface area contributed by atoms with E-state index in [1.165, 1.54) is 13.0 Å². The van der Waals surface area contributed by atoms with Crippen molar-refractivity contribution in [2.45, 2.75) is 25.7 Å². The molecule has 2 rings (SSSR count). The zero-order valence-corrected chi connectivity index (χ0v) is 6.88. The molecule has 0 aromatic rings. The lowest BCUT2D eigenvalue weighted by Gasteiger charge is -2.18. The van der Waals surface area contributed by atoms with Crippen LogP contribution in [0.4, 0.5) is 0 Å². The van der Waals surface area contributed by atoms with Gasteiger partial charge in [-0.1, -0.05) is 0 Å². The highest BCUT2D eigenvalue weighted by atomic mass is 16.1. The summed E-state index contributed by atoms with van der Waals surface area (Å²) in [6.45, 7) is 3.41. The van der Waals surface area contributed by atoms with Crippen molar-refractivity contribution in [3.63, 3.8) is 0 Å². The minimum absolute atomic E-state index is 0.419. The molecule has 0 radical (unpaired) electrons. The number of carbonyl (C=O) groups excluding carboxylic acids is 1. The summed E-state index contributed by atoms with van der Waals surface area (Å²) in [5.74, 6) is 0.940. The van der Waals surface area contributed by atoms with Crippen molar-refractivity contribution in [1.29, 1.82) is 0 Å². The Kier molecular flexibility index (Phi) is 1.95. The lowest BCUT2D eigenvalue weighted by molar-refractivity contribution is -0.123. The Morgan fingerprint density at radius 2 is 2.09 bits per heavy atom. The van der Waals surface area contributed by atoms with Crippen molar-refractivity contribution in [3.8, 4) is 0 Å². The topological polar surface area (TPSA) is 20.3 Å². The third kappa shape index (κ3) is 1.45. The maximum Gasteiger partial charge on any atom is 0.137 e. The van der Waals surface area contributed by atoms with Crippen molar-refractivity contribution in [2.24, 2.45) is 5.92 Å². The Balaban J connectivity index is 2.11. The minimum Gasteiger partial charge on any atom is -0.303 e. The highest BCUT2D eigenvalue weighted by Crippen LogP contribution is 2.23. The van der Waals surface area contributed by atoms with Crippen LogP contribution in [0.3, 0.4) is 0 Å². The van der Waals surface area contributed by atoms with Gasteiger partial charge in [0.05, 0.1) is 0 Å². The first kappa shape index (κ1) is 7.29. The van der Waals surface area contributed by atoms with Crippen LogP contribution in [-0.2, 0) is 4.79 Å². The van der Waals surface area contributed by atoms with Crippen molar-refractivity contribution in [1.82, 2.24) is 4.90 Å². The fraction of sp³-hybridized carbons (Fsp3) is 0.889. The van der Waals surface area contributed by atoms with Crippen molar-refractivity contribution in [2.75, 3.05) is 19.6 Å². The predicted octanol–water partition coefficient (Wildman–Crippen LogP) is 1.06. The summed E-state index contributed by atoms with van der Waals surface area (Å²) < 4.78 is 0. The lowest BCUT2D eigenvalue weighted by Crippen LogP contribution is -2.26. The van der Waals surface area contributed by atoms with E-state index in [4.69, 9.17) is 0 Å². The Bertz CT molecular complexity index is 167. The molecule has 0 saturated carbocycles. The standard InChI is InChI=1S/C9H15NO/c11-9-4-7-10-5-1-2-8(9)3-6-10/h8H,1-7H2. The normalized spacial score (nSPS) is 38.4. The third-order valence-electron chi connectivity index (χ3n) is 2.95. The molecule has 2 atom stereocenters. The summed E-state index contributed by atoms with van der Waals surface area (Å²) in [6.07, 6.45) is 4.31. The van der Waals surface area contributed by atoms with Gasteiger partial charge in [0, 0.05) is 18.9 Å². The van der Waals surface area contributed by atoms with Crippen molar-refractivity contribution < 1.29 is 4.79 Å². The van der Waals surface area contributed by atoms with Gasteiger partial charge in [0.15, 0.2) is 0 Å².